The van der Waals surface area contributed by atoms with Gasteiger partial charge in [0, 0.05) is 18.1 Å². The van der Waals surface area contributed by atoms with Crippen LogP contribution in [-0.2, 0) is 26.2 Å². The van der Waals surface area contributed by atoms with Crippen LogP contribution in [0.1, 0.15) is 37.8 Å². The Kier molecular flexibility index (Phi) is 11.0. The standard InChI is InChI=1S/C29H32Cl2FN3O4S/c1-4-5-16-33-29(37)21(3)34(18-22-8-11-24(32)12-9-22)28(36)19-35(27-17-23(30)10-15-26(27)31)40(38,39)25-13-6-20(2)7-14-25/h6-15,17,21H,4-5,16,18-19H2,1-3H3,(H,33,37)/t21-/m0/s1. The molecule has 0 bridgehead atoms. The molecule has 0 aliphatic heterocycles. The van der Waals surface area contributed by atoms with Crippen LogP contribution in [-0.4, -0.2) is 44.3 Å². The third-order valence-corrected chi connectivity index (χ3v) is 8.66. The SMILES string of the molecule is CCCCNC(=O)[C@H](C)N(Cc1ccc(F)cc1)C(=O)CN(c1cc(Cl)ccc1Cl)S(=O)(=O)c1ccc(C)cc1. The Bertz CT molecular complexity index is 1430. The molecule has 1 N–H and O–H groups in total. The number of benzene rings is 3. The van der Waals surface area contributed by atoms with Crippen molar-refractivity contribution in [3.8, 4) is 0 Å². The predicted octanol–water partition coefficient (Wildman–Crippen LogP) is 5.97. The Morgan fingerprint density at radius 1 is 1.00 bits per heavy atom. The molecule has 11 heteroatoms. The summed E-state index contributed by atoms with van der Waals surface area (Å²) in [6, 6.07) is 15.1. The van der Waals surface area contributed by atoms with Gasteiger partial charge >= 0.3 is 0 Å². The number of nitrogens with zero attached hydrogens (tertiary/aromatic N) is 2. The van der Waals surface area contributed by atoms with E-state index in [9.17, 15) is 22.4 Å². The van der Waals surface area contributed by atoms with Crippen molar-refractivity contribution in [3.63, 3.8) is 0 Å². The van der Waals surface area contributed by atoms with E-state index in [4.69, 9.17) is 23.2 Å². The third kappa shape index (κ3) is 7.96. The summed E-state index contributed by atoms with van der Waals surface area (Å²) in [4.78, 5) is 28.1. The molecule has 40 heavy (non-hydrogen) atoms. The van der Waals surface area contributed by atoms with Crippen LogP contribution in [0.2, 0.25) is 10.0 Å². The number of carbonyl (C=O) groups is 2. The van der Waals surface area contributed by atoms with Crippen LogP contribution in [0.3, 0.4) is 0 Å². The van der Waals surface area contributed by atoms with Crippen molar-refractivity contribution in [1.29, 1.82) is 0 Å². The van der Waals surface area contributed by atoms with Crippen LogP contribution < -0.4 is 9.62 Å². The Morgan fingerprint density at radius 2 is 1.65 bits per heavy atom. The molecule has 0 aromatic heterocycles. The maximum absolute atomic E-state index is 13.9. The Balaban J connectivity index is 2.04. The van der Waals surface area contributed by atoms with Gasteiger partial charge in [0.1, 0.15) is 18.4 Å². The summed E-state index contributed by atoms with van der Waals surface area (Å²) in [5, 5.41) is 3.11. The lowest BCUT2D eigenvalue weighted by molar-refractivity contribution is -0.139. The molecule has 3 rings (SSSR count). The van der Waals surface area contributed by atoms with Crippen molar-refractivity contribution in [2.24, 2.45) is 0 Å². The van der Waals surface area contributed by atoms with E-state index in [1.54, 1.807) is 19.1 Å². The number of halogens is 3. The van der Waals surface area contributed by atoms with Crippen molar-refractivity contribution in [2.45, 2.75) is 51.1 Å². The summed E-state index contributed by atoms with van der Waals surface area (Å²) in [5.41, 5.74) is 1.44. The van der Waals surface area contributed by atoms with E-state index in [0.29, 0.717) is 12.1 Å². The highest BCUT2D eigenvalue weighted by atomic mass is 35.5. The van der Waals surface area contributed by atoms with Gasteiger partial charge in [0.15, 0.2) is 0 Å². The van der Waals surface area contributed by atoms with Crippen molar-refractivity contribution in [1.82, 2.24) is 10.2 Å². The van der Waals surface area contributed by atoms with Gasteiger partial charge < -0.3 is 10.2 Å². The number of hydrogen-bond donors (Lipinski definition) is 1. The second kappa shape index (κ2) is 14.0. The normalized spacial score (nSPS) is 12.1. The zero-order valence-electron chi connectivity index (χ0n) is 22.5. The second-order valence-corrected chi connectivity index (χ2v) is 12.1. The monoisotopic (exact) mass is 607 g/mol. The van der Waals surface area contributed by atoms with Gasteiger partial charge in [-0.25, -0.2) is 12.8 Å². The van der Waals surface area contributed by atoms with Gasteiger partial charge in [-0.15, -0.1) is 0 Å². The molecule has 2 amide bonds. The molecule has 0 saturated carbocycles. The number of anilines is 1. The van der Waals surface area contributed by atoms with Gasteiger partial charge in [-0.1, -0.05) is 66.4 Å². The molecular weight excluding hydrogens is 576 g/mol. The predicted molar refractivity (Wildman–Crippen MR) is 157 cm³/mol. The van der Waals surface area contributed by atoms with Crippen LogP contribution in [0.15, 0.2) is 71.6 Å². The number of nitrogens with one attached hydrogen (secondary N) is 1. The van der Waals surface area contributed by atoms with E-state index in [0.717, 1.165) is 22.7 Å². The lowest BCUT2D eigenvalue weighted by Gasteiger charge is -2.32. The topological polar surface area (TPSA) is 86.8 Å². The van der Waals surface area contributed by atoms with E-state index in [1.165, 1.54) is 59.5 Å². The summed E-state index contributed by atoms with van der Waals surface area (Å²) in [7, 11) is -4.29. The Morgan fingerprint density at radius 3 is 2.27 bits per heavy atom. The molecule has 1 atom stereocenters. The van der Waals surface area contributed by atoms with E-state index < -0.39 is 40.2 Å². The van der Waals surface area contributed by atoms with Crippen LogP contribution in [0.4, 0.5) is 10.1 Å². The maximum atomic E-state index is 13.9. The smallest absolute Gasteiger partial charge is 0.264 e. The number of aryl methyl sites for hydroxylation is 1. The van der Waals surface area contributed by atoms with Gasteiger partial charge in [-0.05, 0) is 68.3 Å². The number of unbranched alkanes of at least 4 members (excludes halogenated alkanes) is 1. The van der Waals surface area contributed by atoms with Crippen LogP contribution in [0.25, 0.3) is 0 Å². The fraction of sp³-hybridized carbons (Fsp3) is 0.310. The number of rotatable bonds is 12. The summed E-state index contributed by atoms with van der Waals surface area (Å²) < 4.78 is 42.2. The molecule has 3 aromatic rings. The summed E-state index contributed by atoms with van der Waals surface area (Å²) in [6.45, 7) is 5.10. The molecule has 0 saturated heterocycles. The first-order valence-corrected chi connectivity index (χ1v) is 15.0. The van der Waals surface area contributed by atoms with Crippen molar-refractivity contribution in [3.05, 3.63) is 93.7 Å². The third-order valence-electron chi connectivity index (χ3n) is 6.33. The fourth-order valence-electron chi connectivity index (χ4n) is 3.93. The molecule has 0 spiro atoms. The van der Waals surface area contributed by atoms with Crippen molar-refractivity contribution < 1.29 is 22.4 Å². The molecule has 0 aliphatic rings. The molecule has 0 radical (unpaired) electrons. The molecule has 0 fully saturated rings. The summed E-state index contributed by atoms with van der Waals surface area (Å²) in [5.74, 6) is -1.50. The zero-order valence-corrected chi connectivity index (χ0v) is 24.9. The molecule has 0 heterocycles. The zero-order chi connectivity index (χ0) is 29.4. The van der Waals surface area contributed by atoms with Gasteiger partial charge in [0.25, 0.3) is 10.0 Å². The van der Waals surface area contributed by atoms with Gasteiger partial charge in [-0.3, -0.25) is 13.9 Å². The number of hydrogen-bond acceptors (Lipinski definition) is 4. The minimum absolute atomic E-state index is 0.0184. The van der Waals surface area contributed by atoms with Gasteiger partial charge in [0.2, 0.25) is 11.8 Å². The molecule has 7 nitrogen and oxygen atoms in total. The summed E-state index contributed by atoms with van der Waals surface area (Å²) >= 11 is 12.6. The second-order valence-electron chi connectivity index (χ2n) is 9.39. The minimum atomic E-state index is -4.29. The number of amides is 2. The van der Waals surface area contributed by atoms with Crippen molar-refractivity contribution >= 4 is 50.7 Å². The van der Waals surface area contributed by atoms with Crippen LogP contribution >= 0.6 is 23.2 Å². The maximum Gasteiger partial charge on any atom is 0.264 e. The fourth-order valence-corrected chi connectivity index (χ4v) is 5.79. The minimum Gasteiger partial charge on any atom is -0.354 e. The van der Waals surface area contributed by atoms with Gasteiger partial charge in [0.05, 0.1) is 15.6 Å². The molecule has 0 unspecified atom stereocenters. The summed E-state index contributed by atoms with van der Waals surface area (Å²) in [6.07, 6.45) is 1.64. The molecule has 0 aliphatic carbocycles. The largest absolute Gasteiger partial charge is 0.354 e. The van der Waals surface area contributed by atoms with E-state index >= 15 is 0 Å². The number of sulfonamides is 1. The van der Waals surface area contributed by atoms with E-state index in [-0.39, 0.29) is 27.2 Å². The van der Waals surface area contributed by atoms with Gasteiger partial charge in [-0.2, -0.15) is 0 Å². The van der Waals surface area contributed by atoms with Crippen LogP contribution in [0.5, 0.6) is 0 Å². The first-order valence-electron chi connectivity index (χ1n) is 12.8. The molecule has 214 valence electrons. The number of carbonyl (C=O) groups excluding carboxylic acids is 2. The average molecular weight is 609 g/mol. The first-order chi connectivity index (χ1) is 18.9. The first kappa shape index (κ1) is 31.4. The van der Waals surface area contributed by atoms with E-state index in [2.05, 4.69) is 5.32 Å². The lowest BCUT2D eigenvalue weighted by atomic mass is 10.1. The molecule has 3 aromatic carbocycles. The average Bonchev–Trinajstić information content (AvgIpc) is 2.92. The highest BCUT2D eigenvalue weighted by molar-refractivity contribution is 7.92. The highest BCUT2D eigenvalue weighted by Crippen LogP contribution is 2.33. The quantitative estimate of drug-likeness (QED) is 0.257. The van der Waals surface area contributed by atoms with Crippen LogP contribution in [0, 0.1) is 12.7 Å². The van der Waals surface area contributed by atoms with Crippen molar-refractivity contribution in [2.75, 3.05) is 17.4 Å². The lowest BCUT2D eigenvalue weighted by Crippen LogP contribution is -2.51. The molecular formula is C29H32Cl2FN3O4S. The Hall–Kier alpha value is -3.14. The highest BCUT2D eigenvalue weighted by Gasteiger charge is 2.33. The van der Waals surface area contributed by atoms with E-state index in [1.807, 2.05) is 13.8 Å². The Labute approximate surface area is 244 Å².